The summed E-state index contributed by atoms with van der Waals surface area (Å²) in [5.41, 5.74) is 4.56. The van der Waals surface area contributed by atoms with Gasteiger partial charge in [0.15, 0.2) is 5.84 Å². The van der Waals surface area contributed by atoms with Crippen molar-refractivity contribution in [2.45, 2.75) is 38.0 Å². The maximum absolute atomic E-state index is 12.0. The molecular formula is C16H18N4O3. The third-order valence-electron chi connectivity index (χ3n) is 5.31. The Bertz CT molecular complexity index is 747. The minimum absolute atomic E-state index is 0.114. The summed E-state index contributed by atoms with van der Waals surface area (Å²) in [6.45, 7) is 5.32. The standard InChI is InChI=1S/C16H18N4O3/c1-7-9-3-12-10(4-11(9)23-13-5-17-15(7)13)20-8(2)16(21)19-18-14(20)6-22-12/h3-4,7-8,13,15,17H,5-6H2,1-2H3,(H,19,21)/t7?,8-,13?,15?/m1/s1. The first-order chi connectivity index (χ1) is 11.1. The Morgan fingerprint density at radius 3 is 2.96 bits per heavy atom. The van der Waals surface area contributed by atoms with Crippen molar-refractivity contribution in [3.63, 3.8) is 0 Å². The molecule has 7 heteroatoms. The summed E-state index contributed by atoms with van der Waals surface area (Å²) in [4.78, 5) is 13.9. The van der Waals surface area contributed by atoms with Crippen molar-refractivity contribution in [3.05, 3.63) is 17.7 Å². The van der Waals surface area contributed by atoms with Gasteiger partial charge in [-0.15, -0.1) is 0 Å². The van der Waals surface area contributed by atoms with Gasteiger partial charge in [0.25, 0.3) is 5.91 Å². The van der Waals surface area contributed by atoms with E-state index in [0.717, 1.165) is 35.1 Å². The zero-order valence-corrected chi connectivity index (χ0v) is 13.0. The first-order valence-corrected chi connectivity index (χ1v) is 8.00. The number of anilines is 1. The SMILES string of the molecule is CC1c2cc3c(cc2OC2CNC21)N1C(=NNC(=O)[C@H]1C)CO3. The Kier molecular flexibility index (Phi) is 2.51. The van der Waals surface area contributed by atoms with Crippen molar-refractivity contribution in [1.29, 1.82) is 0 Å². The second-order valence-electron chi connectivity index (χ2n) is 6.58. The summed E-state index contributed by atoms with van der Waals surface area (Å²) in [6, 6.07) is 4.12. The van der Waals surface area contributed by atoms with Gasteiger partial charge < -0.3 is 19.7 Å². The summed E-state index contributed by atoms with van der Waals surface area (Å²) in [7, 11) is 0. The normalized spacial score (nSPS) is 33.6. The first-order valence-electron chi connectivity index (χ1n) is 8.00. The zero-order chi connectivity index (χ0) is 15.7. The van der Waals surface area contributed by atoms with E-state index < -0.39 is 0 Å². The molecule has 0 aromatic heterocycles. The number of hydrogen-bond donors (Lipinski definition) is 2. The van der Waals surface area contributed by atoms with Crippen LogP contribution in [0.5, 0.6) is 11.5 Å². The Morgan fingerprint density at radius 2 is 2.17 bits per heavy atom. The Balaban J connectivity index is 1.63. The van der Waals surface area contributed by atoms with Crippen LogP contribution < -0.4 is 25.1 Å². The molecule has 0 bridgehead atoms. The Hall–Kier alpha value is -2.28. The van der Waals surface area contributed by atoms with Gasteiger partial charge in [-0.05, 0) is 13.0 Å². The first kappa shape index (κ1) is 13.2. The molecule has 3 unspecified atom stereocenters. The van der Waals surface area contributed by atoms with E-state index in [0.29, 0.717) is 18.6 Å². The number of fused-ring (bicyclic) bond motifs is 5. The number of nitrogens with one attached hydrogen (secondary N) is 2. The van der Waals surface area contributed by atoms with E-state index in [2.05, 4.69) is 28.8 Å². The third-order valence-corrected chi connectivity index (χ3v) is 5.31. The average Bonchev–Trinajstić information content (AvgIpc) is 2.52. The van der Waals surface area contributed by atoms with E-state index in [-0.39, 0.29) is 18.1 Å². The molecular weight excluding hydrogens is 296 g/mol. The highest BCUT2D eigenvalue weighted by Gasteiger charge is 2.44. The van der Waals surface area contributed by atoms with E-state index in [9.17, 15) is 4.79 Å². The minimum atomic E-state index is -0.317. The largest absolute Gasteiger partial charge is 0.487 e. The van der Waals surface area contributed by atoms with Crippen LogP contribution in [0.4, 0.5) is 5.69 Å². The number of carbonyl (C=O) groups is 1. The molecule has 0 radical (unpaired) electrons. The summed E-state index contributed by atoms with van der Waals surface area (Å²) in [6.07, 6.45) is 0.232. The molecule has 1 fully saturated rings. The molecule has 0 spiro atoms. The molecule has 120 valence electrons. The van der Waals surface area contributed by atoms with Crippen LogP contribution in [0.15, 0.2) is 17.2 Å². The molecule has 7 nitrogen and oxygen atoms in total. The molecule has 1 amide bonds. The van der Waals surface area contributed by atoms with Crippen LogP contribution in [0.2, 0.25) is 0 Å². The highest BCUT2D eigenvalue weighted by atomic mass is 16.5. The fourth-order valence-electron chi connectivity index (χ4n) is 3.85. The lowest BCUT2D eigenvalue weighted by Crippen LogP contribution is -2.63. The lowest BCUT2D eigenvalue weighted by Gasteiger charge is -2.47. The van der Waals surface area contributed by atoms with Crippen molar-refractivity contribution in [2.24, 2.45) is 5.10 Å². The minimum Gasteiger partial charge on any atom is -0.487 e. The maximum Gasteiger partial charge on any atom is 0.262 e. The van der Waals surface area contributed by atoms with Crippen molar-refractivity contribution >= 4 is 17.4 Å². The topological polar surface area (TPSA) is 75.2 Å². The molecule has 1 saturated heterocycles. The van der Waals surface area contributed by atoms with Crippen molar-refractivity contribution in [2.75, 3.05) is 18.1 Å². The predicted octanol–water partition coefficient (Wildman–Crippen LogP) is 0.553. The molecule has 5 rings (SSSR count). The number of benzene rings is 1. The Labute approximate surface area is 133 Å². The van der Waals surface area contributed by atoms with Crippen LogP contribution in [0, 0.1) is 0 Å². The van der Waals surface area contributed by atoms with Gasteiger partial charge in [0.05, 0.1) is 11.7 Å². The molecule has 1 aromatic carbocycles. The quantitative estimate of drug-likeness (QED) is 0.732. The molecule has 1 aromatic rings. The number of ether oxygens (including phenoxy) is 2. The molecule has 0 aliphatic carbocycles. The number of amidine groups is 1. The van der Waals surface area contributed by atoms with Gasteiger partial charge in [-0.1, -0.05) is 6.92 Å². The molecule has 4 heterocycles. The number of carbonyl (C=O) groups excluding carboxylic acids is 1. The number of rotatable bonds is 0. The number of amides is 1. The summed E-state index contributed by atoms with van der Waals surface area (Å²) >= 11 is 0. The Morgan fingerprint density at radius 1 is 1.30 bits per heavy atom. The maximum atomic E-state index is 12.0. The lowest BCUT2D eigenvalue weighted by atomic mass is 9.82. The van der Waals surface area contributed by atoms with Crippen LogP contribution in [-0.2, 0) is 4.79 Å². The molecule has 2 N–H and O–H groups in total. The summed E-state index contributed by atoms with van der Waals surface area (Å²) in [5, 5.41) is 7.54. The van der Waals surface area contributed by atoms with E-state index in [1.165, 1.54) is 0 Å². The fraction of sp³-hybridized carbons (Fsp3) is 0.500. The monoisotopic (exact) mass is 314 g/mol. The van der Waals surface area contributed by atoms with Crippen LogP contribution in [0.1, 0.15) is 25.3 Å². The highest BCUT2D eigenvalue weighted by molar-refractivity contribution is 6.09. The van der Waals surface area contributed by atoms with Crippen LogP contribution in [0.25, 0.3) is 0 Å². The number of hydrazone groups is 1. The van der Waals surface area contributed by atoms with Gasteiger partial charge in [-0.2, -0.15) is 5.10 Å². The van der Waals surface area contributed by atoms with Gasteiger partial charge >= 0.3 is 0 Å². The van der Waals surface area contributed by atoms with E-state index >= 15 is 0 Å². The fourth-order valence-corrected chi connectivity index (χ4v) is 3.85. The number of hydrogen-bond acceptors (Lipinski definition) is 6. The predicted molar refractivity (Wildman–Crippen MR) is 84.1 cm³/mol. The molecule has 23 heavy (non-hydrogen) atoms. The van der Waals surface area contributed by atoms with E-state index in [4.69, 9.17) is 9.47 Å². The van der Waals surface area contributed by atoms with Gasteiger partial charge in [0.2, 0.25) is 0 Å². The third kappa shape index (κ3) is 1.68. The smallest absolute Gasteiger partial charge is 0.262 e. The zero-order valence-electron chi connectivity index (χ0n) is 13.0. The van der Waals surface area contributed by atoms with Gasteiger partial charge in [0.1, 0.15) is 30.3 Å². The molecule has 4 atom stereocenters. The second-order valence-corrected chi connectivity index (χ2v) is 6.58. The second kappa shape index (κ2) is 4.38. The van der Waals surface area contributed by atoms with Crippen LogP contribution >= 0.6 is 0 Å². The molecule has 0 saturated carbocycles. The van der Waals surface area contributed by atoms with Crippen LogP contribution in [0.3, 0.4) is 0 Å². The van der Waals surface area contributed by atoms with Crippen molar-refractivity contribution in [3.8, 4) is 11.5 Å². The van der Waals surface area contributed by atoms with E-state index in [1.807, 2.05) is 17.9 Å². The highest BCUT2D eigenvalue weighted by Crippen LogP contribution is 2.46. The summed E-state index contributed by atoms with van der Waals surface area (Å²) in [5.74, 6) is 2.66. The average molecular weight is 314 g/mol. The van der Waals surface area contributed by atoms with Crippen molar-refractivity contribution < 1.29 is 14.3 Å². The number of nitrogens with zero attached hydrogens (tertiary/aromatic N) is 2. The van der Waals surface area contributed by atoms with E-state index in [1.54, 1.807) is 0 Å². The van der Waals surface area contributed by atoms with Gasteiger partial charge in [-0.3, -0.25) is 4.79 Å². The van der Waals surface area contributed by atoms with Crippen LogP contribution in [-0.4, -0.2) is 43.1 Å². The van der Waals surface area contributed by atoms with Gasteiger partial charge in [0, 0.05) is 24.1 Å². The summed E-state index contributed by atoms with van der Waals surface area (Å²) < 4.78 is 12.0. The van der Waals surface area contributed by atoms with Gasteiger partial charge in [-0.25, -0.2) is 5.43 Å². The molecule has 4 aliphatic heterocycles. The lowest BCUT2D eigenvalue weighted by molar-refractivity contribution is -0.122. The molecule has 4 aliphatic rings. The van der Waals surface area contributed by atoms with Crippen molar-refractivity contribution in [1.82, 2.24) is 10.7 Å².